The molecule has 2 aliphatic rings. The summed E-state index contributed by atoms with van der Waals surface area (Å²) in [6, 6.07) is 106. The van der Waals surface area contributed by atoms with Crippen LogP contribution in [0.25, 0.3) is 44.5 Å². The number of nitrogens with zero attached hydrogens (tertiary/aromatic N) is 1. The van der Waals surface area contributed by atoms with E-state index in [1.54, 1.807) is 0 Å². The number of anilines is 3. The zero-order valence-electron chi connectivity index (χ0n) is 38.1. The first-order chi connectivity index (χ1) is 34.3. The van der Waals surface area contributed by atoms with Crippen molar-refractivity contribution < 1.29 is 0 Å². The lowest BCUT2D eigenvalue weighted by atomic mass is 9.63. The molecule has 0 fully saturated rings. The van der Waals surface area contributed by atoms with Crippen molar-refractivity contribution >= 4 is 17.1 Å². The normalized spacial score (nSPS) is 13.4. The van der Waals surface area contributed by atoms with Crippen LogP contribution >= 0.6 is 0 Å². The van der Waals surface area contributed by atoms with Gasteiger partial charge in [-0.15, -0.1) is 0 Å². The summed E-state index contributed by atoms with van der Waals surface area (Å²) in [7, 11) is 0. The molecule has 0 saturated heterocycles. The molecular formula is C68H47N. The van der Waals surface area contributed by atoms with Crippen LogP contribution in [-0.4, -0.2) is 0 Å². The van der Waals surface area contributed by atoms with E-state index in [9.17, 15) is 0 Å². The van der Waals surface area contributed by atoms with E-state index in [1.165, 1.54) is 89.0 Å². The molecule has 0 unspecified atom stereocenters. The fourth-order valence-corrected chi connectivity index (χ4v) is 12.1. The Bertz CT molecular complexity index is 3540. The molecule has 0 spiro atoms. The van der Waals surface area contributed by atoms with Gasteiger partial charge in [-0.1, -0.05) is 255 Å². The number of rotatable bonds is 8. The van der Waals surface area contributed by atoms with E-state index in [-0.39, 0.29) is 0 Å². The van der Waals surface area contributed by atoms with Gasteiger partial charge in [-0.05, 0) is 119 Å². The van der Waals surface area contributed by atoms with Crippen LogP contribution in [0.2, 0.25) is 0 Å². The number of hydrogen-bond acceptors (Lipinski definition) is 1. The Morgan fingerprint density at radius 1 is 0.217 bits per heavy atom. The molecule has 1 heteroatoms. The van der Waals surface area contributed by atoms with Crippen LogP contribution in [-0.2, 0) is 10.8 Å². The Hall–Kier alpha value is -8.78. The Morgan fingerprint density at radius 2 is 0.565 bits per heavy atom. The van der Waals surface area contributed by atoms with E-state index >= 15 is 0 Å². The van der Waals surface area contributed by atoms with Crippen molar-refractivity contribution in [3.63, 3.8) is 0 Å². The van der Waals surface area contributed by atoms with Crippen molar-refractivity contribution in [1.82, 2.24) is 0 Å². The van der Waals surface area contributed by atoms with E-state index in [0.717, 1.165) is 17.1 Å². The maximum Gasteiger partial charge on any atom is 0.0733 e. The fourth-order valence-electron chi connectivity index (χ4n) is 12.1. The van der Waals surface area contributed by atoms with Crippen molar-refractivity contribution in [2.75, 3.05) is 4.90 Å². The highest BCUT2D eigenvalue weighted by molar-refractivity contribution is 5.95. The van der Waals surface area contributed by atoms with E-state index < -0.39 is 10.8 Å². The standard InChI is InChI=1S/C68H47N/c1-5-23-48(24-6-1)49-41-43-53(44-42-49)69(54-45-46-64-60(47-54)59-35-17-18-36-61(59)67(64,50-25-7-2-8-26-50)51-27-9-3-10-28-51)66-40-22-21-39-65(66)68(52-29-11-4-12-30-52)62-37-19-15-33-57(62)55-31-13-14-32-56(55)58-34-16-20-38-63(58)68/h1-47H. The summed E-state index contributed by atoms with van der Waals surface area (Å²) >= 11 is 0. The first kappa shape index (κ1) is 40.5. The maximum atomic E-state index is 2.52. The van der Waals surface area contributed by atoms with Crippen molar-refractivity contribution in [3.05, 3.63) is 330 Å². The van der Waals surface area contributed by atoms with Crippen LogP contribution in [0, 0.1) is 0 Å². The van der Waals surface area contributed by atoms with Gasteiger partial charge in [0.05, 0.1) is 16.5 Å². The van der Waals surface area contributed by atoms with E-state index in [4.69, 9.17) is 0 Å². The zero-order chi connectivity index (χ0) is 45.8. The summed E-state index contributed by atoms with van der Waals surface area (Å²) in [5.41, 5.74) is 21.8. The molecule has 2 aliphatic carbocycles. The Kier molecular flexibility index (Phi) is 9.70. The molecule has 0 atom stereocenters. The highest BCUT2D eigenvalue weighted by atomic mass is 15.1. The number of hydrogen-bond donors (Lipinski definition) is 0. The summed E-state index contributed by atoms with van der Waals surface area (Å²) in [6.07, 6.45) is 0. The van der Waals surface area contributed by atoms with Gasteiger partial charge in [0.15, 0.2) is 0 Å². The highest BCUT2D eigenvalue weighted by Gasteiger charge is 2.48. The second-order valence-electron chi connectivity index (χ2n) is 18.3. The SMILES string of the molecule is c1ccc(-c2ccc(N(c3ccc4c(c3)-c3ccccc3C4(c3ccccc3)c3ccccc3)c3ccccc3C3(c4ccccc4)c4ccccc4-c4ccccc4-c4ccccc43)cc2)cc1. The van der Waals surface area contributed by atoms with Crippen LogP contribution in [0.5, 0.6) is 0 Å². The lowest BCUT2D eigenvalue weighted by molar-refractivity contribution is 0.751. The lowest BCUT2D eigenvalue weighted by Crippen LogP contribution is -2.33. The van der Waals surface area contributed by atoms with Gasteiger partial charge in [-0.2, -0.15) is 0 Å². The monoisotopic (exact) mass is 877 g/mol. The Balaban J connectivity index is 1.12. The zero-order valence-corrected chi connectivity index (χ0v) is 38.1. The first-order valence-electron chi connectivity index (χ1n) is 24.0. The average molecular weight is 878 g/mol. The first-order valence-corrected chi connectivity index (χ1v) is 24.0. The molecule has 69 heavy (non-hydrogen) atoms. The average Bonchev–Trinajstić information content (AvgIpc) is 3.67. The maximum absolute atomic E-state index is 2.52. The van der Waals surface area contributed by atoms with Crippen LogP contribution in [0.4, 0.5) is 17.1 Å². The molecule has 0 N–H and O–H groups in total. The lowest BCUT2D eigenvalue weighted by Gasteiger charge is -2.41. The summed E-state index contributed by atoms with van der Waals surface area (Å²) in [5, 5.41) is 0. The molecule has 0 amide bonds. The molecule has 0 heterocycles. The second-order valence-corrected chi connectivity index (χ2v) is 18.3. The minimum absolute atomic E-state index is 0.507. The molecule has 0 aliphatic heterocycles. The van der Waals surface area contributed by atoms with Gasteiger partial charge in [-0.25, -0.2) is 0 Å². The number of benzene rings is 11. The number of para-hydroxylation sites is 1. The van der Waals surface area contributed by atoms with Crippen LogP contribution in [0.3, 0.4) is 0 Å². The van der Waals surface area contributed by atoms with Gasteiger partial charge in [0.25, 0.3) is 0 Å². The van der Waals surface area contributed by atoms with Crippen LogP contribution < -0.4 is 4.90 Å². The van der Waals surface area contributed by atoms with Crippen LogP contribution in [0.1, 0.15) is 44.5 Å². The van der Waals surface area contributed by atoms with E-state index in [0.29, 0.717) is 0 Å². The van der Waals surface area contributed by atoms with Gasteiger partial charge in [0.2, 0.25) is 0 Å². The molecule has 0 saturated carbocycles. The number of fused-ring (bicyclic) bond motifs is 8. The summed E-state index contributed by atoms with van der Waals surface area (Å²) in [4.78, 5) is 2.52. The van der Waals surface area contributed by atoms with Crippen molar-refractivity contribution in [3.8, 4) is 44.5 Å². The molecule has 0 bridgehead atoms. The quantitative estimate of drug-likeness (QED) is 0.147. The fraction of sp³-hybridized carbons (Fsp3) is 0.0294. The minimum atomic E-state index is -0.745. The van der Waals surface area contributed by atoms with Crippen molar-refractivity contribution in [2.45, 2.75) is 10.8 Å². The van der Waals surface area contributed by atoms with Crippen molar-refractivity contribution in [1.29, 1.82) is 0 Å². The molecule has 324 valence electrons. The minimum Gasteiger partial charge on any atom is -0.310 e. The molecule has 0 aromatic heterocycles. The Labute approximate surface area is 404 Å². The largest absolute Gasteiger partial charge is 0.310 e. The third-order valence-corrected chi connectivity index (χ3v) is 14.9. The third-order valence-electron chi connectivity index (χ3n) is 14.9. The van der Waals surface area contributed by atoms with E-state index in [1.807, 2.05) is 0 Å². The highest BCUT2D eigenvalue weighted by Crippen LogP contribution is 2.60. The molecule has 1 nitrogen and oxygen atoms in total. The molecule has 11 aromatic rings. The van der Waals surface area contributed by atoms with E-state index in [2.05, 4.69) is 290 Å². The summed E-state index contributed by atoms with van der Waals surface area (Å²) in [5.74, 6) is 0. The third kappa shape index (κ3) is 6.17. The molecule has 13 rings (SSSR count). The molecule has 11 aromatic carbocycles. The second kappa shape index (κ2) is 16.5. The molecular weight excluding hydrogens is 831 g/mol. The predicted molar refractivity (Wildman–Crippen MR) is 287 cm³/mol. The predicted octanol–water partition coefficient (Wildman–Crippen LogP) is 17.2. The van der Waals surface area contributed by atoms with Gasteiger partial charge in [-0.3, -0.25) is 0 Å². The summed E-state index contributed by atoms with van der Waals surface area (Å²) < 4.78 is 0. The Morgan fingerprint density at radius 3 is 1.09 bits per heavy atom. The van der Waals surface area contributed by atoms with Crippen molar-refractivity contribution in [2.24, 2.45) is 0 Å². The van der Waals surface area contributed by atoms with Gasteiger partial charge >= 0.3 is 0 Å². The molecule has 0 radical (unpaired) electrons. The topological polar surface area (TPSA) is 3.24 Å². The summed E-state index contributed by atoms with van der Waals surface area (Å²) in [6.45, 7) is 0. The van der Waals surface area contributed by atoms with Gasteiger partial charge < -0.3 is 4.90 Å². The van der Waals surface area contributed by atoms with Crippen LogP contribution in [0.15, 0.2) is 285 Å². The smallest absolute Gasteiger partial charge is 0.0733 e. The van der Waals surface area contributed by atoms with Gasteiger partial charge in [0, 0.05) is 11.4 Å². The van der Waals surface area contributed by atoms with Gasteiger partial charge in [0.1, 0.15) is 0 Å².